The second kappa shape index (κ2) is 8.34. The number of hydrogen-bond acceptors (Lipinski definition) is 4. The number of likely N-dealkylation sites (N-methyl/N-ethyl adjacent to an activating group) is 1. The topological polar surface area (TPSA) is 32.8 Å². The molecule has 0 spiro atoms. The summed E-state index contributed by atoms with van der Waals surface area (Å²) in [5.74, 6) is -0.216. The van der Waals surface area contributed by atoms with Gasteiger partial charge in [0, 0.05) is 6.54 Å². The molecule has 0 saturated heterocycles. The molecule has 0 amide bonds. The zero-order valence-electron chi connectivity index (χ0n) is 14.0. The molecule has 2 aromatic rings. The van der Waals surface area contributed by atoms with Crippen molar-refractivity contribution in [1.82, 2.24) is 5.01 Å². The molecule has 4 heteroatoms. The summed E-state index contributed by atoms with van der Waals surface area (Å²) in [6.45, 7) is 4.74. The highest BCUT2D eigenvalue weighted by atomic mass is 16.5. The molecule has 2 aromatic carbocycles. The minimum atomic E-state index is -0.328. The lowest BCUT2D eigenvalue weighted by molar-refractivity contribution is -0.147. The maximum atomic E-state index is 12.2. The van der Waals surface area contributed by atoms with Gasteiger partial charge in [-0.15, -0.1) is 0 Å². The van der Waals surface area contributed by atoms with E-state index in [4.69, 9.17) is 4.74 Å². The van der Waals surface area contributed by atoms with Gasteiger partial charge in [-0.1, -0.05) is 50.2 Å². The van der Waals surface area contributed by atoms with Gasteiger partial charge in [0.15, 0.2) is 0 Å². The standard InChI is InChI=1S/C19H24N2O2/c1-4-18(19(22)23-3)20(5-2)21(16-12-8-6-9-13-16)17-14-10-7-11-15-17/h6-15,18H,4-5H2,1-3H3. The van der Waals surface area contributed by atoms with Crippen molar-refractivity contribution in [2.75, 3.05) is 18.7 Å². The minimum Gasteiger partial charge on any atom is -0.468 e. The highest BCUT2D eigenvalue weighted by Crippen LogP contribution is 2.29. The van der Waals surface area contributed by atoms with Crippen LogP contribution in [0.3, 0.4) is 0 Å². The monoisotopic (exact) mass is 312 g/mol. The molecule has 2 rings (SSSR count). The van der Waals surface area contributed by atoms with Crippen LogP contribution in [0.15, 0.2) is 60.7 Å². The van der Waals surface area contributed by atoms with Crippen LogP contribution in [-0.2, 0) is 9.53 Å². The first-order chi connectivity index (χ1) is 11.2. The van der Waals surface area contributed by atoms with Gasteiger partial charge in [-0.25, -0.2) is 5.01 Å². The minimum absolute atomic E-state index is 0.216. The van der Waals surface area contributed by atoms with Crippen LogP contribution in [0.4, 0.5) is 11.4 Å². The van der Waals surface area contributed by atoms with E-state index in [9.17, 15) is 4.79 Å². The van der Waals surface area contributed by atoms with Crippen molar-refractivity contribution in [2.24, 2.45) is 0 Å². The van der Waals surface area contributed by atoms with Crippen LogP contribution in [0.2, 0.25) is 0 Å². The van der Waals surface area contributed by atoms with E-state index in [1.807, 2.05) is 74.5 Å². The lowest BCUT2D eigenvalue weighted by Gasteiger charge is -2.39. The van der Waals surface area contributed by atoms with Crippen LogP contribution >= 0.6 is 0 Å². The van der Waals surface area contributed by atoms with Crippen molar-refractivity contribution in [3.05, 3.63) is 60.7 Å². The van der Waals surface area contributed by atoms with E-state index in [0.29, 0.717) is 13.0 Å². The van der Waals surface area contributed by atoms with Gasteiger partial charge in [-0.3, -0.25) is 9.80 Å². The molecule has 0 aliphatic rings. The summed E-state index contributed by atoms with van der Waals surface area (Å²) in [6, 6.07) is 19.8. The van der Waals surface area contributed by atoms with Crippen molar-refractivity contribution in [2.45, 2.75) is 26.3 Å². The van der Waals surface area contributed by atoms with Crippen molar-refractivity contribution in [3.8, 4) is 0 Å². The van der Waals surface area contributed by atoms with Crippen LogP contribution in [0.25, 0.3) is 0 Å². The summed E-state index contributed by atoms with van der Waals surface area (Å²) in [4.78, 5) is 12.2. The van der Waals surface area contributed by atoms with Crippen molar-refractivity contribution < 1.29 is 9.53 Å². The van der Waals surface area contributed by atoms with Gasteiger partial charge in [0.05, 0.1) is 18.5 Å². The average molecular weight is 312 g/mol. The fourth-order valence-corrected chi connectivity index (χ4v) is 2.72. The van der Waals surface area contributed by atoms with E-state index in [0.717, 1.165) is 11.4 Å². The second-order valence-corrected chi connectivity index (χ2v) is 5.19. The smallest absolute Gasteiger partial charge is 0.324 e. The number of carbonyl (C=O) groups is 1. The predicted octanol–water partition coefficient (Wildman–Crippen LogP) is 4.01. The van der Waals surface area contributed by atoms with Crippen LogP contribution in [0, 0.1) is 0 Å². The Balaban J connectivity index is 2.49. The lowest BCUT2D eigenvalue weighted by Crippen LogP contribution is -2.50. The first kappa shape index (κ1) is 17.0. The quantitative estimate of drug-likeness (QED) is 0.571. The van der Waals surface area contributed by atoms with E-state index in [1.54, 1.807) is 0 Å². The molecule has 0 aliphatic carbocycles. The molecule has 1 atom stereocenters. The number of para-hydroxylation sites is 2. The van der Waals surface area contributed by atoms with Crippen LogP contribution in [0.5, 0.6) is 0 Å². The number of carbonyl (C=O) groups excluding carboxylic acids is 1. The summed E-state index contributed by atoms with van der Waals surface area (Å²) in [5, 5.41) is 4.14. The predicted molar refractivity (Wildman–Crippen MR) is 93.5 cm³/mol. The molecular formula is C19H24N2O2. The highest BCUT2D eigenvalue weighted by Gasteiger charge is 2.29. The van der Waals surface area contributed by atoms with Crippen LogP contribution < -0.4 is 5.01 Å². The molecule has 0 bridgehead atoms. The third kappa shape index (κ3) is 3.90. The maximum absolute atomic E-state index is 12.2. The van der Waals surface area contributed by atoms with E-state index >= 15 is 0 Å². The maximum Gasteiger partial charge on any atom is 0.324 e. The fourth-order valence-electron chi connectivity index (χ4n) is 2.72. The van der Waals surface area contributed by atoms with Crippen LogP contribution in [0.1, 0.15) is 20.3 Å². The molecule has 0 heterocycles. The van der Waals surface area contributed by atoms with E-state index in [-0.39, 0.29) is 12.0 Å². The molecule has 0 saturated carbocycles. The van der Waals surface area contributed by atoms with Gasteiger partial charge in [-0.2, -0.15) is 0 Å². The molecule has 1 unspecified atom stereocenters. The van der Waals surface area contributed by atoms with Crippen LogP contribution in [-0.4, -0.2) is 30.7 Å². The molecule has 0 radical (unpaired) electrons. The highest BCUT2D eigenvalue weighted by molar-refractivity contribution is 5.76. The Morgan fingerprint density at radius 2 is 1.43 bits per heavy atom. The zero-order chi connectivity index (χ0) is 16.7. The number of hydrogen-bond donors (Lipinski definition) is 0. The van der Waals surface area contributed by atoms with E-state index in [1.165, 1.54) is 7.11 Å². The second-order valence-electron chi connectivity index (χ2n) is 5.19. The van der Waals surface area contributed by atoms with Gasteiger partial charge in [0.2, 0.25) is 0 Å². The number of rotatable bonds is 7. The third-order valence-corrected chi connectivity index (χ3v) is 3.80. The summed E-state index contributed by atoms with van der Waals surface area (Å²) in [7, 11) is 1.44. The first-order valence-electron chi connectivity index (χ1n) is 7.97. The lowest BCUT2D eigenvalue weighted by atomic mass is 10.2. The number of benzene rings is 2. The molecule has 0 aromatic heterocycles. The summed E-state index contributed by atoms with van der Waals surface area (Å²) >= 11 is 0. The number of esters is 1. The normalized spacial score (nSPS) is 12.0. The zero-order valence-corrected chi connectivity index (χ0v) is 14.0. The van der Waals surface area contributed by atoms with Gasteiger partial charge in [0.1, 0.15) is 6.04 Å². The molecule has 122 valence electrons. The molecular weight excluding hydrogens is 288 g/mol. The number of anilines is 2. The average Bonchev–Trinajstić information content (AvgIpc) is 2.62. The molecule has 23 heavy (non-hydrogen) atoms. The van der Waals surface area contributed by atoms with Gasteiger partial charge in [0.25, 0.3) is 0 Å². The fraction of sp³-hybridized carbons (Fsp3) is 0.316. The Morgan fingerprint density at radius 1 is 0.957 bits per heavy atom. The third-order valence-electron chi connectivity index (χ3n) is 3.80. The number of methoxy groups -OCH3 is 1. The summed E-state index contributed by atoms with van der Waals surface area (Å²) in [5.41, 5.74) is 2.03. The number of nitrogens with zero attached hydrogens (tertiary/aromatic N) is 2. The van der Waals surface area contributed by atoms with E-state index in [2.05, 4.69) is 10.0 Å². The van der Waals surface area contributed by atoms with E-state index < -0.39 is 0 Å². The van der Waals surface area contributed by atoms with Gasteiger partial charge >= 0.3 is 5.97 Å². The molecule has 0 fully saturated rings. The molecule has 0 N–H and O–H groups in total. The number of hydrazine groups is 1. The SMILES string of the molecule is CCC(C(=O)OC)N(CC)N(c1ccccc1)c1ccccc1. The first-order valence-corrected chi connectivity index (χ1v) is 7.97. The largest absolute Gasteiger partial charge is 0.468 e. The van der Waals surface area contributed by atoms with Crippen molar-refractivity contribution in [1.29, 1.82) is 0 Å². The Morgan fingerprint density at radius 3 is 1.78 bits per heavy atom. The number of ether oxygens (including phenoxy) is 1. The Bertz CT molecular complexity index is 562. The van der Waals surface area contributed by atoms with Gasteiger partial charge < -0.3 is 4.74 Å². The summed E-state index contributed by atoms with van der Waals surface area (Å²) in [6.07, 6.45) is 0.677. The Hall–Kier alpha value is -2.33. The Kier molecular flexibility index (Phi) is 6.18. The summed E-state index contributed by atoms with van der Waals surface area (Å²) < 4.78 is 5.00. The molecule has 4 nitrogen and oxygen atoms in total. The van der Waals surface area contributed by atoms with Crippen molar-refractivity contribution >= 4 is 17.3 Å². The van der Waals surface area contributed by atoms with Crippen molar-refractivity contribution in [3.63, 3.8) is 0 Å². The molecule has 0 aliphatic heterocycles. The Labute approximate surface area is 138 Å². The van der Waals surface area contributed by atoms with Gasteiger partial charge in [-0.05, 0) is 30.7 Å².